The third kappa shape index (κ3) is 1.32. The quantitative estimate of drug-likeness (QED) is 0.567. The van der Waals surface area contributed by atoms with Gasteiger partial charge in [-0.25, -0.2) is 0 Å². The van der Waals surface area contributed by atoms with Crippen LogP contribution in [0.25, 0.3) is 0 Å². The summed E-state index contributed by atoms with van der Waals surface area (Å²) in [5.41, 5.74) is 1.71. The van der Waals surface area contributed by atoms with Crippen molar-refractivity contribution in [2.75, 3.05) is 19.7 Å². The molecule has 0 radical (unpaired) electrons. The maximum Gasteiger partial charge on any atom is 0.109 e. The topological polar surface area (TPSA) is 12.5 Å². The SMILES string of the molecule is C=C1CN2CCC[C@@]2(COI)C1. The Balaban J connectivity index is 2.14. The zero-order chi connectivity index (χ0) is 8.60. The molecule has 0 unspecified atom stereocenters. The minimum absolute atomic E-state index is 0.332. The molecule has 0 N–H and O–H groups in total. The van der Waals surface area contributed by atoms with E-state index in [1.54, 1.807) is 0 Å². The molecule has 68 valence electrons. The summed E-state index contributed by atoms with van der Waals surface area (Å²) in [6.07, 6.45) is 3.76. The summed E-state index contributed by atoms with van der Waals surface area (Å²) >= 11 is 2.00. The Kier molecular flexibility index (Phi) is 2.44. The van der Waals surface area contributed by atoms with Gasteiger partial charge in [0, 0.05) is 12.1 Å². The third-order valence-electron chi connectivity index (χ3n) is 3.06. The highest BCUT2D eigenvalue weighted by atomic mass is 127. The lowest BCUT2D eigenvalue weighted by Crippen LogP contribution is -2.41. The summed E-state index contributed by atoms with van der Waals surface area (Å²) < 4.78 is 5.27. The van der Waals surface area contributed by atoms with Crippen LogP contribution in [-0.4, -0.2) is 30.1 Å². The van der Waals surface area contributed by atoms with Crippen molar-refractivity contribution in [2.45, 2.75) is 24.8 Å². The maximum atomic E-state index is 5.27. The van der Waals surface area contributed by atoms with Gasteiger partial charge >= 0.3 is 0 Å². The number of rotatable bonds is 2. The highest BCUT2D eigenvalue weighted by molar-refractivity contribution is 14.1. The highest BCUT2D eigenvalue weighted by Crippen LogP contribution is 2.41. The number of halogens is 1. The van der Waals surface area contributed by atoms with Crippen molar-refractivity contribution in [1.82, 2.24) is 4.90 Å². The molecule has 0 bridgehead atoms. The van der Waals surface area contributed by atoms with Gasteiger partial charge in [0.25, 0.3) is 0 Å². The molecule has 0 spiro atoms. The molecule has 2 fully saturated rings. The lowest BCUT2D eigenvalue weighted by atomic mass is 9.94. The van der Waals surface area contributed by atoms with Gasteiger partial charge in [0.15, 0.2) is 0 Å². The van der Waals surface area contributed by atoms with E-state index in [2.05, 4.69) is 11.5 Å². The van der Waals surface area contributed by atoms with Crippen molar-refractivity contribution in [3.63, 3.8) is 0 Å². The zero-order valence-corrected chi connectivity index (χ0v) is 9.34. The Morgan fingerprint density at radius 2 is 2.50 bits per heavy atom. The molecule has 2 heterocycles. The van der Waals surface area contributed by atoms with Crippen molar-refractivity contribution in [1.29, 1.82) is 0 Å². The van der Waals surface area contributed by atoms with Gasteiger partial charge in [-0.15, -0.1) is 0 Å². The molecule has 0 aromatic heterocycles. The summed E-state index contributed by atoms with van der Waals surface area (Å²) in [4.78, 5) is 2.54. The first-order chi connectivity index (χ1) is 5.77. The summed E-state index contributed by atoms with van der Waals surface area (Å²) in [5, 5.41) is 0. The zero-order valence-electron chi connectivity index (χ0n) is 7.18. The monoisotopic (exact) mass is 279 g/mol. The molecule has 1 atom stereocenters. The van der Waals surface area contributed by atoms with E-state index in [0.29, 0.717) is 5.54 Å². The standard InChI is InChI=1S/C9H14INO/c1-8-5-9(7-12-10)3-2-4-11(9)6-8/h1-7H2/t9-/m0/s1. The van der Waals surface area contributed by atoms with Crippen molar-refractivity contribution in [3.8, 4) is 0 Å². The minimum Gasteiger partial charge on any atom is -0.314 e. The Bertz CT molecular complexity index is 207. The van der Waals surface area contributed by atoms with E-state index in [1.165, 1.54) is 25.0 Å². The van der Waals surface area contributed by atoms with Crippen LogP contribution in [-0.2, 0) is 3.07 Å². The fourth-order valence-electron chi connectivity index (χ4n) is 2.55. The van der Waals surface area contributed by atoms with Crippen LogP contribution in [0.1, 0.15) is 19.3 Å². The summed E-state index contributed by atoms with van der Waals surface area (Å²) in [6.45, 7) is 7.26. The summed E-state index contributed by atoms with van der Waals surface area (Å²) in [6, 6.07) is 0. The minimum atomic E-state index is 0.332. The Hall–Kier alpha value is 0.390. The molecule has 0 amide bonds. The Labute approximate surface area is 87.6 Å². The highest BCUT2D eigenvalue weighted by Gasteiger charge is 2.45. The molecule has 0 aliphatic carbocycles. The largest absolute Gasteiger partial charge is 0.314 e. The molecule has 2 aliphatic rings. The molecule has 2 nitrogen and oxygen atoms in total. The predicted molar refractivity (Wildman–Crippen MR) is 57.3 cm³/mol. The molecular weight excluding hydrogens is 265 g/mol. The molecule has 12 heavy (non-hydrogen) atoms. The second-order valence-corrected chi connectivity index (χ2v) is 4.55. The van der Waals surface area contributed by atoms with Gasteiger partial charge < -0.3 is 3.07 Å². The first-order valence-electron chi connectivity index (χ1n) is 4.42. The fraction of sp³-hybridized carbons (Fsp3) is 0.778. The Morgan fingerprint density at radius 1 is 1.67 bits per heavy atom. The van der Waals surface area contributed by atoms with Gasteiger partial charge in [-0.1, -0.05) is 12.2 Å². The van der Waals surface area contributed by atoms with Crippen molar-refractivity contribution in [3.05, 3.63) is 12.2 Å². The van der Waals surface area contributed by atoms with Gasteiger partial charge in [0.05, 0.1) is 6.61 Å². The van der Waals surface area contributed by atoms with E-state index in [0.717, 1.165) is 19.6 Å². The number of nitrogens with zero attached hydrogens (tertiary/aromatic N) is 1. The average Bonchev–Trinajstić information content (AvgIpc) is 2.44. The van der Waals surface area contributed by atoms with Gasteiger partial charge in [0.1, 0.15) is 23.0 Å². The molecule has 3 heteroatoms. The number of hydrogen-bond acceptors (Lipinski definition) is 2. The predicted octanol–water partition coefficient (Wildman–Crippen LogP) is 2.15. The van der Waals surface area contributed by atoms with Crippen LogP contribution in [0.4, 0.5) is 0 Å². The molecule has 2 saturated heterocycles. The maximum absolute atomic E-state index is 5.27. The van der Waals surface area contributed by atoms with Gasteiger partial charge in [-0.2, -0.15) is 0 Å². The first kappa shape index (κ1) is 8.97. The van der Waals surface area contributed by atoms with Crippen molar-refractivity contribution >= 4 is 23.0 Å². The smallest absolute Gasteiger partial charge is 0.109 e. The number of hydrogen-bond donors (Lipinski definition) is 0. The molecule has 2 aliphatic heterocycles. The number of fused-ring (bicyclic) bond motifs is 1. The van der Waals surface area contributed by atoms with Crippen LogP contribution in [0.2, 0.25) is 0 Å². The lowest BCUT2D eigenvalue weighted by Gasteiger charge is -2.29. The van der Waals surface area contributed by atoms with E-state index in [-0.39, 0.29) is 0 Å². The van der Waals surface area contributed by atoms with Gasteiger partial charge in [-0.05, 0) is 25.8 Å². The molecule has 2 rings (SSSR count). The molecule has 0 saturated carbocycles. The van der Waals surface area contributed by atoms with Crippen LogP contribution in [0, 0.1) is 0 Å². The second kappa shape index (κ2) is 3.27. The van der Waals surface area contributed by atoms with E-state index in [4.69, 9.17) is 3.07 Å². The fourth-order valence-corrected chi connectivity index (χ4v) is 3.13. The van der Waals surface area contributed by atoms with Crippen LogP contribution in [0.3, 0.4) is 0 Å². The summed E-state index contributed by atoms with van der Waals surface area (Å²) in [7, 11) is 0. The molecule has 0 aromatic carbocycles. The van der Waals surface area contributed by atoms with Crippen LogP contribution >= 0.6 is 23.0 Å². The van der Waals surface area contributed by atoms with Crippen molar-refractivity contribution < 1.29 is 3.07 Å². The van der Waals surface area contributed by atoms with Gasteiger partial charge in [0.2, 0.25) is 0 Å². The van der Waals surface area contributed by atoms with E-state index in [1.807, 2.05) is 23.0 Å². The van der Waals surface area contributed by atoms with Crippen molar-refractivity contribution in [2.24, 2.45) is 0 Å². The second-order valence-electron chi connectivity index (χ2n) is 3.93. The Morgan fingerprint density at radius 3 is 3.25 bits per heavy atom. The summed E-state index contributed by atoms with van der Waals surface area (Å²) in [5.74, 6) is 0. The van der Waals surface area contributed by atoms with Crippen LogP contribution in [0.15, 0.2) is 12.2 Å². The average molecular weight is 279 g/mol. The van der Waals surface area contributed by atoms with Crippen LogP contribution in [0.5, 0.6) is 0 Å². The first-order valence-corrected chi connectivity index (χ1v) is 5.30. The van der Waals surface area contributed by atoms with Gasteiger partial charge in [-0.3, -0.25) is 4.90 Å². The van der Waals surface area contributed by atoms with E-state index >= 15 is 0 Å². The normalized spacial score (nSPS) is 35.9. The third-order valence-corrected chi connectivity index (χ3v) is 3.37. The van der Waals surface area contributed by atoms with E-state index in [9.17, 15) is 0 Å². The molecule has 0 aromatic rings. The van der Waals surface area contributed by atoms with Crippen LogP contribution < -0.4 is 0 Å². The van der Waals surface area contributed by atoms with E-state index < -0.39 is 0 Å². The molecular formula is C9H14INO. The lowest BCUT2D eigenvalue weighted by molar-refractivity contribution is 0.139.